The van der Waals surface area contributed by atoms with Crippen LogP contribution < -0.4 is 21.3 Å². The molecular formula is C35H39N9O10S3. The number of aromatic nitrogens is 3. The molecule has 1 aliphatic rings. The standard InChI is InChI=1S/C35H39N9O10S3/c1-6-12-36-31-39-32(41-33(40-31)38-22-17-34(2,3)44-35(4,5)18-22)37-20-10-11-23-19(13-20)14-28(57(52,53)54)29(30(23)45)43-42-21-15-25-24(27(16-21)56(49,50)51)8-7-9-26(25)55(46,47)48/h6-11,13-16,22,44-45H,1,12,17-18H2,2-5H3,(H,46,47,48)(H,49,50,51)(H,52,53,54)(H3,36,37,38,39,40,41). The largest absolute Gasteiger partial charge is 0.505 e. The summed E-state index contributed by atoms with van der Waals surface area (Å²) >= 11 is 0. The van der Waals surface area contributed by atoms with Gasteiger partial charge in [-0.2, -0.15) is 45.3 Å². The van der Waals surface area contributed by atoms with Crippen LogP contribution in [0.5, 0.6) is 5.75 Å². The molecule has 6 rings (SSSR count). The van der Waals surface area contributed by atoms with Crippen LogP contribution in [0.1, 0.15) is 40.5 Å². The predicted octanol–water partition coefficient (Wildman–Crippen LogP) is 6.10. The van der Waals surface area contributed by atoms with E-state index in [2.05, 4.69) is 80.7 Å². The summed E-state index contributed by atoms with van der Waals surface area (Å²) in [6, 6.07) is 10.6. The van der Waals surface area contributed by atoms with Crippen LogP contribution in [-0.4, -0.2) is 82.6 Å². The number of hydrogen-bond donors (Lipinski definition) is 8. The topological polar surface area (TPSA) is 295 Å². The fraction of sp³-hybridized carbons (Fsp3) is 0.286. The van der Waals surface area contributed by atoms with Crippen molar-refractivity contribution in [3.63, 3.8) is 0 Å². The Morgan fingerprint density at radius 2 is 1.40 bits per heavy atom. The third kappa shape index (κ3) is 9.44. The summed E-state index contributed by atoms with van der Waals surface area (Å²) in [5.74, 6) is -0.0923. The van der Waals surface area contributed by atoms with Crippen LogP contribution in [0.2, 0.25) is 0 Å². The molecule has 2 heterocycles. The first-order valence-corrected chi connectivity index (χ1v) is 21.4. The Hall–Kier alpha value is -5.36. The summed E-state index contributed by atoms with van der Waals surface area (Å²) in [7, 11) is -15.0. The number of phenolic OH excluding ortho intramolecular Hbond substituents is 1. The predicted molar refractivity (Wildman–Crippen MR) is 213 cm³/mol. The number of hydrogen-bond acceptors (Lipinski definition) is 16. The second-order valence-electron chi connectivity index (χ2n) is 14.7. The third-order valence-electron chi connectivity index (χ3n) is 8.87. The van der Waals surface area contributed by atoms with Gasteiger partial charge in [-0.15, -0.1) is 11.7 Å². The normalized spacial score (nSPS) is 16.2. The number of azo groups is 1. The molecule has 0 radical (unpaired) electrons. The summed E-state index contributed by atoms with van der Waals surface area (Å²) < 4.78 is 104. The van der Waals surface area contributed by atoms with E-state index in [1.165, 1.54) is 24.3 Å². The smallest absolute Gasteiger partial charge is 0.296 e. The number of benzene rings is 4. The van der Waals surface area contributed by atoms with E-state index in [1.807, 2.05) is 0 Å². The number of nitrogens with zero attached hydrogens (tertiary/aromatic N) is 5. The van der Waals surface area contributed by atoms with Crippen LogP contribution in [0.3, 0.4) is 0 Å². The molecule has 0 unspecified atom stereocenters. The Labute approximate surface area is 328 Å². The molecule has 1 aliphatic heterocycles. The number of aromatic hydroxyl groups is 1. The van der Waals surface area contributed by atoms with E-state index in [0.717, 1.165) is 43.2 Å². The average Bonchev–Trinajstić information content (AvgIpc) is 3.06. The molecule has 22 heteroatoms. The maximum atomic E-state index is 12.6. The molecule has 5 aromatic rings. The van der Waals surface area contributed by atoms with Gasteiger partial charge in [0.15, 0.2) is 5.75 Å². The first-order chi connectivity index (χ1) is 26.4. The van der Waals surface area contributed by atoms with Crippen LogP contribution in [0.15, 0.2) is 92.2 Å². The third-order valence-corrected chi connectivity index (χ3v) is 11.5. The lowest BCUT2D eigenvalue weighted by Gasteiger charge is -2.46. The van der Waals surface area contributed by atoms with Crippen molar-refractivity contribution in [3.05, 3.63) is 67.3 Å². The average molecular weight is 842 g/mol. The summed E-state index contributed by atoms with van der Waals surface area (Å²) in [6.45, 7) is 12.6. The van der Waals surface area contributed by atoms with E-state index in [4.69, 9.17) is 0 Å². The molecule has 4 aromatic carbocycles. The van der Waals surface area contributed by atoms with Gasteiger partial charge >= 0.3 is 0 Å². The molecule has 0 spiro atoms. The number of phenols is 1. The van der Waals surface area contributed by atoms with Crippen LogP contribution in [0.4, 0.5) is 34.9 Å². The molecule has 8 N–H and O–H groups in total. The molecule has 1 saturated heterocycles. The minimum absolute atomic E-state index is 0.0211. The van der Waals surface area contributed by atoms with Gasteiger partial charge < -0.3 is 26.4 Å². The summed E-state index contributed by atoms with van der Waals surface area (Å²) in [6.07, 6.45) is 3.21. The van der Waals surface area contributed by atoms with Gasteiger partial charge in [0.25, 0.3) is 30.4 Å². The highest BCUT2D eigenvalue weighted by atomic mass is 32.2. The molecule has 0 atom stereocenters. The lowest BCUT2D eigenvalue weighted by Crippen LogP contribution is -2.60. The molecule has 0 aliphatic carbocycles. The van der Waals surface area contributed by atoms with Crippen molar-refractivity contribution in [1.29, 1.82) is 0 Å². The van der Waals surface area contributed by atoms with Crippen LogP contribution in [-0.2, 0) is 30.4 Å². The molecule has 0 bridgehead atoms. The summed E-state index contributed by atoms with van der Waals surface area (Å²) in [4.78, 5) is 11.1. The monoisotopic (exact) mass is 841 g/mol. The maximum absolute atomic E-state index is 12.6. The van der Waals surface area contributed by atoms with E-state index in [0.29, 0.717) is 18.2 Å². The van der Waals surface area contributed by atoms with Gasteiger partial charge in [0.05, 0.1) is 5.69 Å². The molecule has 1 aromatic heterocycles. The van der Waals surface area contributed by atoms with Crippen molar-refractivity contribution in [2.75, 3.05) is 22.5 Å². The molecule has 302 valence electrons. The Morgan fingerprint density at radius 3 is 2.04 bits per heavy atom. The second-order valence-corrected chi connectivity index (χ2v) is 18.8. The highest BCUT2D eigenvalue weighted by Gasteiger charge is 2.38. The van der Waals surface area contributed by atoms with Crippen molar-refractivity contribution in [3.8, 4) is 5.75 Å². The second kappa shape index (κ2) is 14.9. The van der Waals surface area contributed by atoms with E-state index < -0.39 is 62.2 Å². The molecule has 0 amide bonds. The Balaban J connectivity index is 1.39. The van der Waals surface area contributed by atoms with Crippen molar-refractivity contribution in [2.45, 2.75) is 72.3 Å². The minimum atomic E-state index is -5.11. The van der Waals surface area contributed by atoms with Crippen LogP contribution in [0, 0.1) is 0 Å². The van der Waals surface area contributed by atoms with Gasteiger partial charge in [-0.05, 0) is 88.4 Å². The molecule has 19 nitrogen and oxygen atoms in total. The Bertz CT molecular complexity index is 2800. The zero-order valence-corrected chi connectivity index (χ0v) is 33.3. The molecule has 57 heavy (non-hydrogen) atoms. The van der Waals surface area contributed by atoms with Gasteiger partial charge in [0.2, 0.25) is 17.8 Å². The van der Waals surface area contributed by atoms with Crippen LogP contribution in [0.25, 0.3) is 21.5 Å². The number of anilines is 4. The zero-order chi connectivity index (χ0) is 41.7. The van der Waals surface area contributed by atoms with Gasteiger partial charge in [-0.25, -0.2) is 0 Å². The first kappa shape index (κ1) is 41.3. The maximum Gasteiger partial charge on any atom is 0.296 e. The fourth-order valence-electron chi connectivity index (χ4n) is 7.11. The van der Waals surface area contributed by atoms with E-state index in [-0.39, 0.29) is 50.6 Å². The van der Waals surface area contributed by atoms with Gasteiger partial charge in [-0.3, -0.25) is 13.7 Å². The van der Waals surface area contributed by atoms with Crippen molar-refractivity contribution < 1.29 is 44.0 Å². The van der Waals surface area contributed by atoms with Crippen molar-refractivity contribution >= 4 is 86.8 Å². The van der Waals surface area contributed by atoms with E-state index >= 15 is 0 Å². The number of nitrogens with one attached hydrogen (secondary N) is 4. The van der Waals surface area contributed by atoms with Crippen molar-refractivity contribution in [2.24, 2.45) is 10.2 Å². The molecular weight excluding hydrogens is 803 g/mol. The first-order valence-electron chi connectivity index (χ1n) is 17.1. The molecule has 0 saturated carbocycles. The number of rotatable bonds is 12. The number of fused-ring (bicyclic) bond motifs is 2. The van der Waals surface area contributed by atoms with Crippen molar-refractivity contribution in [1.82, 2.24) is 20.3 Å². The summed E-state index contributed by atoms with van der Waals surface area (Å²) in [5.41, 5.74) is -1.16. The van der Waals surface area contributed by atoms with E-state index in [1.54, 1.807) is 6.08 Å². The lowest BCUT2D eigenvalue weighted by molar-refractivity contribution is 0.170. The lowest BCUT2D eigenvalue weighted by atomic mass is 9.80. The zero-order valence-electron chi connectivity index (χ0n) is 30.9. The Kier molecular flexibility index (Phi) is 10.8. The quantitative estimate of drug-likeness (QED) is 0.0400. The fourth-order valence-corrected chi connectivity index (χ4v) is 9.19. The van der Waals surface area contributed by atoms with Crippen LogP contribution >= 0.6 is 0 Å². The van der Waals surface area contributed by atoms with E-state index in [9.17, 15) is 44.0 Å². The van der Waals surface area contributed by atoms with Gasteiger partial charge in [0.1, 0.15) is 20.4 Å². The van der Waals surface area contributed by atoms with Gasteiger partial charge in [0, 0.05) is 45.5 Å². The highest BCUT2D eigenvalue weighted by Crippen LogP contribution is 2.43. The Morgan fingerprint density at radius 1 is 0.772 bits per heavy atom. The number of piperidine rings is 1. The SMILES string of the molecule is C=CCNc1nc(Nc2ccc3c(O)c(N=Nc4cc(S(=O)(=O)O)c5cccc(S(=O)(=O)O)c5c4)c(S(=O)(=O)O)cc3c2)nc(NC2CC(C)(C)NC(C)(C)C2)n1. The highest BCUT2D eigenvalue weighted by molar-refractivity contribution is 7.86. The molecule has 1 fully saturated rings. The minimum Gasteiger partial charge on any atom is -0.505 e. The summed E-state index contributed by atoms with van der Waals surface area (Å²) in [5, 5.41) is 31.6. The van der Waals surface area contributed by atoms with Gasteiger partial charge in [-0.1, -0.05) is 18.2 Å².